The van der Waals surface area contributed by atoms with Crippen LogP contribution in [-0.2, 0) is 4.79 Å². The van der Waals surface area contributed by atoms with Gasteiger partial charge in [0.15, 0.2) is 0 Å². The van der Waals surface area contributed by atoms with Crippen molar-refractivity contribution in [3.05, 3.63) is 23.2 Å². The molecule has 0 bridgehead atoms. The van der Waals surface area contributed by atoms with Gasteiger partial charge in [0.05, 0.1) is 12.1 Å². The van der Waals surface area contributed by atoms with E-state index in [9.17, 15) is 9.59 Å². The van der Waals surface area contributed by atoms with Gasteiger partial charge in [-0.2, -0.15) is 0 Å². The van der Waals surface area contributed by atoms with Crippen molar-refractivity contribution in [2.75, 3.05) is 19.0 Å². The second-order valence-corrected chi connectivity index (χ2v) is 4.47. The minimum Gasteiger partial charge on any atom is -0.495 e. The fourth-order valence-corrected chi connectivity index (χ4v) is 1.68. The van der Waals surface area contributed by atoms with Crippen LogP contribution in [0, 0.1) is 0 Å². The number of urea groups is 1. The summed E-state index contributed by atoms with van der Waals surface area (Å²) >= 11 is 5.91. The molecule has 1 unspecified atom stereocenters. The zero-order chi connectivity index (χ0) is 15.1. The van der Waals surface area contributed by atoms with Gasteiger partial charge in [0.1, 0.15) is 11.8 Å². The molecule has 0 fully saturated rings. The normalized spacial score (nSPS) is 11.4. The van der Waals surface area contributed by atoms with Gasteiger partial charge in [-0.3, -0.25) is 10.1 Å². The standard InChI is InChI=1S/C13H18ClN3O3/c1-4-15-13(19)17-12(18)8(2)16-9-5-6-10(14)11(7-9)20-3/h5-8,16H,4H2,1-3H3,(H2,15,17,18,19). The lowest BCUT2D eigenvalue weighted by Crippen LogP contribution is -2.45. The fraction of sp³-hybridized carbons (Fsp3) is 0.385. The average molecular weight is 300 g/mol. The number of amides is 3. The highest BCUT2D eigenvalue weighted by molar-refractivity contribution is 6.32. The van der Waals surface area contributed by atoms with E-state index >= 15 is 0 Å². The van der Waals surface area contributed by atoms with Crippen LogP contribution in [0.1, 0.15) is 13.8 Å². The molecule has 0 aromatic heterocycles. The first-order chi connectivity index (χ1) is 9.47. The summed E-state index contributed by atoms with van der Waals surface area (Å²) in [5.74, 6) is 0.0814. The minimum atomic E-state index is -0.580. The van der Waals surface area contributed by atoms with E-state index < -0.39 is 18.0 Å². The maximum atomic E-state index is 11.8. The van der Waals surface area contributed by atoms with E-state index in [0.29, 0.717) is 23.0 Å². The zero-order valence-electron chi connectivity index (χ0n) is 11.6. The van der Waals surface area contributed by atoms with Crippen molar-refractivity contribution in [2.45, 2.75) is 19.9 Å². The second kappa shape index (κ2) is 7.59. The van der Waals surface area contributed by atoms with Crippen LogP contribution >= 0.6 is 11.6 Å². The average Bonchev–Trinajstić information content (AvgIpc) is 2.41. The number of benzene rings is 1. The molecule has 0 radical (unpaired) electrons. The maximum absolute atomic E-state index is 11.8. The van der Waals surface area contributed by atoms with Crippen LogP contribution in [0.4, 0.5) is 10.5 Å². The molecule has 3 N–H and O–H groups in total. The van der Waals surface area contributed by atoms with E-state index in [2.05, 4.69) is 16.0 Å². The molecule has 0 saturated heterocycles. The smallest absolute Gasteiger partial charge is 0.321 e. The van der Waals surface area contributed by atoms with Crippen LogP contribution in [-0.4, -0.2) is 31.6 Å². The highest BCUT2D eigenvalue weighted by atomic mass is 35.5. The van der Waals surface area contributed by atoms with Crippen molar-refractivity contribution in [1.29, 1.82) is 0 Å². The molecule has 0 aliphatic carbocycles. The molecule has 110 valence electrons. The first-order valence-electron chi connectivity index (χ1n) is 6.16. The number of carbonyl (C=O) groups excluding carboxylic acids is 2. The van der Waals surface area contributed by atoms with Crippen molar-refractivity contribution >= 4 is 29.2 Å². The molecule has 0 aliphatic heterocycles. The summed E-state index contributed by atoms with van der Waals surface area (Å²) in [6, 6.07) is 3.97. The number of halogens is 1. The number of ether oxygens (including phenoxy) is 1. The number of anilines is 1. The molecule has 6 nitrogen and oxygen atoms in total. The van der Waals surface area contributed by atoms with Crippen molar-refractivity contribution in [3.63, 3.8) is 0 Å². The maximum Gasteiger partial charge on any atom is 0.321 e. The first-order valence-corrected chi connectivity index (χ1v) is 6.54. The Kier molecular flexibility index (Phi) is 6.11. The summed E-state index contributed by atoms with van der Waals surface area (Å²) in [5.41, 5.74) is 0.671. The Hall–Kier alpha value is -1.95. The number of rotatable bonds is 5. The number of nitrogens with one attached hydrogen (secondary N) is 3. The molecule has 0 heterocycles. The molecule has 0 saturated carbocycles. The van der Waals surface area contributed by atoms with Gasteiger partial charge in [0.2, 0.25) is 5.91 Å². The minimum absolute atomic E-state index is 0.426. The van der Waals surface area contributed by atoms with Gasteiger partial charge in [-0.05, 0) is 26.0 Å². The van der Waals surface area contributed by atoms with Crippen molar-refractivity contribution in [3.8, 4) is 5.75 Å². The third-order valence-corrected chi connectivity index (χ3v) is 2.81. The monoisotopic (exact) mass is 299 g/mol. The third kappa shape index (κ3) is 4.62. The van der Waals surface area contributed by atoms with Crippen LogP contribution in [0.3, 0.4) is 0 Å². The number of imide groups is 1. The van der Waals surface area contributed by atoms with Gasteiger partial charge in [-0.25, -0.2) is 4.79 Å². The van der Waals surface area contributed by atoms with Crippen LogP contribution in [0.2, 0.25) is 5.02 Å². The highest BCUT2D eigenvalue weighted by Crippen LogP contribution is 2.27. The number of methoxy groups -OCH3 is 1. The molecular weight excluding hydrogens is 282 g/mol. The summed E-state index contributed by atoms with van der Waals surface area (Å²) in [6.45, 7) is 3.87. The Bertz CT molecular complexity index is 494. The topological polar surface area (TPSA) is 79.5 Å². The molecule has 1 aromatic carbocycles. The predicted molar refractivity (Wildman–Crippen MR) is 78.3 cm³/mol. The Balaban J connectivity index is 2.63. The van der Waals surface area contributed by atoms with Crippen LogP contribution < -0.4 is 20.7 Å². The molecule has 0 aliphatic rings. The summed E-state index contributed by atoms with van der Waals surface area (Å²) in [6.07, 6.45) is 0. The van der Waals surface area contributed by atoms with Crippen molar-refractivity contribution < 1.29 is 14.3 Å². The van der Waals surface area contributed by atoms with Crippen LogP contribution in [0.25, 0.3) is 0 Å². The van der Waals surface area contributed by atoms with Crippen LogP contribution in [0.5, 0.6) is 5.75 Å². The van der Waals surface area contributed by atoms with E-state index in [-0.39, 0.29) is 0 Å². The second-order valence-electron chi connectivity index (χ2n) is 4.06. The fourth-order valence-electron chi connectivity index (χ4n) is 1.49. The summed E-state index contributed by atoms with van der Waals surface area (Å²) in [7, 11) is 1.51. The van der Waals surface area contributed by atoms with Crippen molar-refractivity contribution in [2.24, 2.45) is 0 Å². The molecule has 20 heavy (non-hydrogen) atoms. The van der Waals surface area contributed by atoms with Gasteiger partial charge >= 0.3 is 6.03 Å². The Morgan fingerprint density at radius 2 is 2.10 bits per heavy atom. The first kappa shape index (κ1) is 16.1. The Labute approximate surface area is 122 Å². The van der Waals surface area contributed by atoms with E-state index in [1.165, 1.54) is 7.11 Å². The Morgan fingerprint density at radius 3 is 2.70 bits per heavy atom. The quantitative estimate of drug-likeness (QED) is 0.777. The van der Waals surface area contributed by atoms with E-state index in [1.54, 1.807) is 32.0 Å². The van der Waals surface area contributed by atoms with E-state index in [0.717, 1.165) is 0 Å². The van der Waals surface area contributed by atoms with Gasteiger partial charge in [-0.1, -0.05) is 11.6 Å². The number of carbonyl (C=O) groups is 2. The van der Waals surface area contributed by atoms with E-state index in [4.69, 9.17) is 16.3 Å². The Morgan fingerprint density at radius 1 is 1.40 bits per heavy atom. The molecule has 1 aromatic rings. The summed E-state index contributed by atoms with van der Waals surface area (Å²) < 4.78 is 5.09. The largest absolute Gasteiger partial charge is 0.495 e. The van der Waals surface area contributed by atoms with Gasteiger partial charge < -0.3 is 15.4 Å². The van der Waals surface area contributed by atoms with Gasteiger partial charge in [0, 0.05) is 18.3 Å². The van der Waals surface area contributed by atoms with Crippen LogP contribution in [0.15, 0.2) is 18.2 Å². The lowest BCUT2D eigenvalue weighted by atomic mass is 10.2. The molecule has 1 atom stereocenters. The zero-order valence-corrected chi connectivity index (χ0v) is 12.4. The predicted octanol–water partition coefficient (Wildman–Crippen LogP) is 1.99. The highest BCUT2D eigenvalue weighted by Gasteiger charge is 2.15. The molecule has 7 heteroatoms. The van der Waals surface area contributed by atoms with Crippen molar-refractivity contribution in [1.82, 2.24) is 10.6 Å². The van der Waals surface area contributed by atoms with E-state index in [1.807, 2.05) is 0 Å². The summed E-state index contributed by atoms with van der Waals surface area (Å²) in [5, 5.41) is 8.16. The van der Waals surface area contributed by atoms with Gasteiger partial charge in [-0.15, -0.1) is 0 Å². The SMILES string of the molecule is CCNC(=O)NC(=O)C(C)Nc1ccc(Cl)c(OC)c1. The summed E-state index contributed by atoms with van der Waals surface area (Å²) in [4.78, 5) is 23.0. The number of hydrogen-bond donors (Lipinski definition) is 3. The van der Waals surface area contributed by atoms with Gasteiger partial charge in [0.25, 0.3) is 0 Å². The molecular formula is C13H18ClN3O3. The lowest BCUT2D eigenvalue weighted by molar-refractivity contribution is -0.120. The molecule has 1 rings (SSSR count). The lowest BCUT2D eigenvalue weighted by Gasteiger charge is -2.15. The third-order valence-electron chi connectivity index (χ3n) is 2.50. The molecule has 0 spiro atoms. The number of hydrogen-bond acceptors (Lipinski definition) is 4. The molecule has 3 amide bonds.